The van der Waals surface area contributed by atoms with Gasteiger partial charge in [0, 0.05) is 24.8 Å². The molecule has 3 rings (SSSR count). The maximum absolute atomic E-state index is 13.3. The fourth-order valence-electron chi connectivity index (χ4n) is 2.92. The molecule has 1 fully saturated rings. The zero-order valence-corrected chi connectivity index (χ0v) is 14.5. The lowest BCUT2D eigenvalue weighted by molar-refractivity contribution is -0.142. The largest absolute Gasteiger partial charge is 0.338 e. The molecule has 0 heterocycles. The molecule has 1 aliphatic carbocycles. The van der Waals surface area contributed by atoms with E-state index >= 15 is 0 Å². The summed E-state index contributed by atoms with van der Waals surface area (Å²) in [7, 11) is 0. The van der Waals surface area contributed by atoms with Crippen LogP contribution >= 0.6 is 0 Å². The number of anilines is 1. The lowest BCUT2D eigenvalue weighted by Crippen LogP contribution is -2.42. The zero-order chi connectivity index (χ0) is 18.7. The Balaban J connectivity index is 1.72. The van der Waals surface area contributed by atoms with Crippen molar-refractivity contribution in [1.82, 2.24) is 4.90 Å². The fourth-order valence-corrected chi connectivity index (χ4v) is 2.92. The zero-order valence-electron chi connectivity index (χ0n) is 14.5. The van der Waals surface area contributed by atoms with Gasteiger partial charge in [0.15, 0.2) is 11.6 Å². The Hall–Kier alpha value is -2.76. The molecule has 6 heteroatoms. The molecule has 1 aliphatic rings. The number of nitrogens with one attached hydrogen (secondary N) is 1. The molecule has 0 unspecified atom stereocenters. The Morgan fingerprint density at radius 2 is 1.77 bits per heavy atom. The van der Waals surface area contributed by atoms with Crippen molar-refractivity contribution in [3.8, 4) is 0 Å². The molecule has 0 aromatic heterocycles. The van der Waals surface area contributed by atoms with Crippen molar-refractivity contribution in [2.45, 2.75) is 26.3 Å². The van der Waals surface area contributed by atoms with Crippen LogP contribution in [0.15, 0.2) is 48.5 Å². The molecule has 0 spiro atoms. The number of hydrogen-bond donors (Lipinski definition) is 1. The number of nitrogens with zero attached hydrogens (tertiary/aromatic N) is 1. The summed E-state index contributed by atoms with van der Waals surface area (Å²) in [5.74, 6) is -2.73. The van der Waals surface area contributed by atoms with Crippen LogP contribution in [-0.4, -0.2) is 23.3 Å². The van der Waals surface area contributed by atoms with Crippen LogP contribution in [0.2, 0.25) is 0 Å². The van der Waals surface area contributed by atoms with Crippen LogP contribution in [0.3, 0.4) is 0 Å². The highest BCUT2D eigenvalue weighted by Gasteiger charge is 2.57. The second-order valence-corrected chi connectivity index (χ2v) is 6.47. The highest BCUT2D eigenvalue weighted by molar-refractivity contribution is 6.13. The van der Waals surface area contributed by atoms with Crippen molar-refractivity contribution in [2.24, 2.45) is 5.41 Å². The molecule has 1 saturated carbocycles. The predicted molar refractivity (Wildman–Crippen MR) is 94.2 cm³/mol. The lowest BCUT2D eigenvalue weighted by Gasteiger charge is -2.26. The topological polar surface area (TPSA) is 49.4 Å². The summed E-state index contributed by atoms with van der Waals surface area (Å²) in [5, 5.41) is 2.54. The first-order chi connectivity index (χ1) is 12.5. The summed E-state index contributed by atoms with van der Waals surface area (Å²) in [6.45, 7) is 2.77. The van der Waals surface area contributed by atoms with E-state index in [2.05, 4.69) is 5.32 Å². The highest BCUT2D eigenvalue weighted by Crippen LogP contribution is 2.48. The Labute approximate surface area is 150 Å². The second kappa shape index (κ2) is 7.23. The SMILES string of the molecule is CCN(Cc1ccccc1)C(=O)C1(C(=O)Nc2ccc(F)c(F)c2)CC1. The van der Waals surface area contributed by atoms with Gasteiger partial charge in [0.1, 0.15) is 5.41 Å². The van der Waals surface area contributed by atoms with E-state index in [1.807, 2.05) is 37.3 Å². The number of carbonyl (C=O) groups excluding carboxylic acids is 2. The van der Waals surface area contributed by atoms with Crippen molar-refractivity contribution in [2.75, 3.05) is 11.9 Å². The Kier molecular flexibility index (Phi) is 5.02. The van der Waals surface area contributed by atoms with E-state index in [1.165, 1.54) is 6.07 Å². The lowest BCUT2D eigenvalue weighted by atomic mass is 10.0. The predicted octanol–water partition coefficient (Wildman–Crippen LogP) is 3.73. The van der Waals surface area contributed by atoms with Crippen molar-refractivity contribution in [1.29, 1.82) is 0 Å². The quantitative estimate of drug-likeness (QED) is 0.800. The summed E-state index contributed by atoms with van der Waals surface area (Å²) in [5.41, 5.74) is 0.00828. The third-order valence-corrected chi connectivity index (χ3v) is 4.66. The normalized spacial score (nSPS) is 14.6. The van der Waals surface area contributed by atoms with E-state index in [9.17, 15) is 18.4 Å². The van der Waals surface area contributed by atoms with E-state index in [4.69, 9.17) is 0 Å². The molecule has 26 heavy (non-hydrogen) atoms. The first kappa shape index (κ1) is 18.0. The van der Waals surface area contributed by atoms with Crippen LogP contribution in [-0.2, 0) is 16.1 Å². The maximum Gasteiger partial charge on any atom is 0.240 e. The van der Waals surface area contributed by atoms with E-state index in [1.54, 1.807) is 4.90 Å². The first-order valence-corrected chi connectivity index (χ1v) is 8.56. The van der Waals surface area contributed by atoms with Crippen LogP contribution < -0.4 is 5.32 Å². The van der Waals surface area contributed by atoms with Crippen molar-refractivity contribution >= 4 is 17.5 Å². The molecule has 1 N–H and O–H groups in total. The molecule has 2 amide bonds. The molecule has 0 bridgehead atoms. The van der Waals surface area contributed by atoms with Crippen LogP contribution in [0.25, 0.3) is 0 Å². The van der Waals surface area contributed by atoms with Gasteiger partial charge in [0.2, 0.25) is 11.8 Å². The molecule has 2 aromatic carbocycles. The molecule has 0 aliphatic heterocycles. The first-order valence-electron chi connectivity index (χ1n) is 8.56. The smallest absolute Gasteiger partial charge is 0.240 e. The third kappa shape index (κ3) is 3.59. The van der Waals surface area contributed by atoms with Crippen LogP contribution in [0.4, 0.5) is 14.5 Å². The van der Waals surface area contributed by atoms with E-state index in [0.29, 0.717) is 25.9 Å². The van der Waals surface area contributed by atoms with Gasteiger partial charge in [-0.1, -0.05) is 30.3 Å². The van der Waals surface area contributed by atoms with Gasteiger partial charge < -0.3 is 10.2 Å². The van der Waals surface area contributed by atoms with E-state index in [-0.39, 0.29) is 11.6 Å². The molecule has 4 nitrogen and oxygen atoms in total. The Morgan fingerprint density at radius 1 is 1.08 bits per heavy atom. The average Bonchev–Trinajstić information content (AvgIpc) is 3.45. The number of rotatable bonds is 6. The van der Waals surface area contributed by atoms with Gasteiger partial charge in [0.05, 0.1) is 0 Å². The van der Waals surface area contributed by atoms with Gasteiger partial charge >= 0.3 is 0 Å². The minimum absolute atomic E-state index is 0.138. The Bertz CT molecular complexity index is 820. The maximum atomic E-state index is 13.3. The number of benzene rings is 2. The minimum atomic E-state index is -1.12. The number of carbonyl (C=O) groups is 2. The van der Waals surface area contributed by atoms with Gasteiger partial charge in [-0.15, -0.1) is 0 Å². The summed E-state index contributed by atoms with van der Waals surface area (Å²) < 4.78 is 26.3. The Morgan fingerprint density at radius 3 is 2.35 bits per heavy atom. The molecule has 2 aromatic rings. The van der Waals surface area contributed by atoms with Crippen LogP contribution in [0, 0.1) is 17.0 Å². The molecule has 0 radical (unpaired) electrons. The molecule has 136 valence electrons. The summed E-state index contributed by atoms with van der Waals surface area (Å²) >= 11 is 0. The molecular formula is C20H20F2N2O2. The number of amides is 2. The van der Waals surface area contributed by atoms with Crippen LogP contribution in [0.5, 0.6) is 0 Å². The van der Waals surface area contributed by atoms with Gasteiger partial charge in [-0.3, -0.25) is 9.59 Å². The summed E-state index contributed by atoms with van der Waals surface area (Å²) in [6.07, 6.45) is 0.902. The van der Waals surface area contributed by atoms with Crippen LogP contribution in [0.1, 0.15) is 25.3 Å². The van der Waals surface area contributed by atoms with Gasteiger partial charge in [-0.25, -0.2) is 8.78 Å². The summed E-state index contributed by atoms with van der Waals surface area (Å²) in [4.78, 5) is 27.2. The fraction of sp³-hybridized carbons (Fsp3) is 0.300. The molecule has 0 saturated heterocycles. The standard InChI is InChI=1S/C20H20F2N2O2/c1-2-24(13-14-6-4-3-5-7-14)19(26)20(10-11-20)18(25)23-15-8-9-16(21)17(22)12-15/h3-9,12H,2,10-11,13H2,1H3,(H,23,25). The number of halogens is 2. The second-order valence-electron chi connectivity index (χ2n) is 6.47. The number of hydrogen-bond acceptors (Lipinski definition) is 2. The van der Waals surface area contributed by atoms with E-state index in [0.717, 1.165) is 17.7 Å². The van der Waals surface area contributed by atoms with Crippen molar-refractivity contribution < 1.29 is 18.4 Å². The highest BCUT2D eigenvalue weighted by atomic mass is 19.2. The van der Waals surface area contributed by atoms with Gasteiger partial charge in [0.25, 0.3) is 0 Å². The third-order valence-electron chi connectivity index (χ3n) is 4.66. The van der Waals surface area contributed by atoms with Crippen molar-refractivity contribution in [3.63, 3.8) is 0 Å². The van der Waals surface area contributed by atoms with Gasteiger partial charge in [-0.05, 0) is 37.5 Å². The average molecular weight is 358 g/mol. The van der Waals surface area contributed by atoms with E-state index < -0.39 is 23.0 Å². The van der Waals surface area contributed by atoms with Gasteiger partial charge in [-0.2, -0.15) is 0 Å². The molecular weight excluding hydrogens is 338 g/mol. The van der Waals surface area contributed by atoms with Crippen molar-refractivity contribution in [3.05, 3.63) is 65.7 Å². The minimum Gasteiger partial charge on any atom is -0.338 e. The molecule has 0 atom stereocenters. The summed E-state index contributed by atoms with van der Waals surface area (Å²) in [6, 6.07) is 12.7. The monoisotopic (exact) mass is 358 g/mol.